The Morgan fingerprint density at radius 1 is 0.737 bits per heavy atom. The number of hydrogen-bond donors (Lipinski definition) is 1. The van der Waals surface area contributed by atoms with Gasteiger partial charge in [0.25, 0.3) is 0 Å². The molecule has 1 unspecified atom stereocenters. The van der Waals surface area contributed by atoms with E-state index in [4.69, 9.17) is 10.5 Å². The van der Waals surface area contributed by atoms with Crippen LogP contribution in [0.15, 0.2) is 36.5 Å². The van der Waals surface area contributed by atoms with Gasteiger partial charge in [-0.1, -0.05) is 111 Å². The van der Waals surface area contributed by atoms with Crippen molar-refractivity contribution >= 4 is 11.9 Å². The van der Waals surface area contributed by atoms with Gasteiger partial charge in [0, 0.05) is 12.8 Å². The predicted molar refractivity (Wildman–Crippen MR) is 164 cm³/mol. The van der Waals surface area contributed by atoms with Crippen LogP contribution in [0.1, 0.15) is 138 Å². The lowest BCUT2D eigenvalue weighted by atomic mass is 9.76. The van der Waals surface area contributed by atoms with E-state index in [2.05, 4.69) is 84.9 Å². The molecule has 0 radical (unpaired) electrons. The minimum Gasteiger partial charge on any atom is -0.469 e. The van der Waals surface area contributed by atoms with Gasteiger partial charge in [-0.3, -0.25) is 9.59 Å². The molecule has 2 N–H and O–H groups in total. The first kappa shape index (κ1) is 36.2. The summed E-state index contributed by atoms with van der Waals surface area (Å²) < 4.78 is 4.72. The number of primary amides is 1. The van der Waals surface area contributed by atoms with Gasteiger partial charge in [-0.05, 0) is 73.5 Å². The fourth-order valence-electron chi connectivity index (χ4n) is 5.06. The van der Waals surface area contributed by atoms with Crippen LogP contribution in [0.4, 0.5) is 0 Å². The van der Waals surface area contributed by atoms with Crippen molar-refractivity contribution < 1.29 is 14.3 Å². The zero-order valence-electron chi connectivity index (χ0n) is 26.2. The van der Waals surface area contributed by atoms with Crippen LogP contribution in [0.3, 0.4) is 0 Å². The molecular formula is C34H61NO3. The van der Waals surface area contributed by atoms with Crippen molar-refractivity contribution in [2.45, 2.75) is 138 Å². The van der Waals surface area contributed by atoms with Crippen molar-refractivity contribution in [2.75, 3.05) is 7.11 Å². The summed E-state index contributed by atoms with van der Waals surface area (Å²) in [5.41, 5.74) is 6.06. The Balaban J connectivity index is 4.24. The second-order valence-electron chi connectivity index (χ2n) is 13.7. The topological polar surface area (TPSA) is 69.4 Å². The van der Waals surface area contributed by atoms with Crippen molar-refractivity contribution in [3.05, 3.63) is 36.5 Å². The number of carbonyl (C=O) groups is 2. The average molecular weight is 532 g/mol. The smallest absolute Gasteiger partial charge is 0.305 e. The molecule has 0 saturated carbocycles. The monoisotopic (exact) mass is 531 g/mol. The van der Waals surface area contributed by atoms with Crippen LogP contribution in [-0.4, -0.2) is 19.0 Å². The Morgan fingerprint density at radius 3 is 1.92 bits per heavy atom. The van der Waals surface area contributed by atoms with Crippen LogP contribution in [0, 0.1) is 22.2 Å². The van der Waals surface area contributed by atoms with Gasteiger partial charge in [0.2, 0.25) is 5.91 Å². The van der Waals surface area contributed by atoms with Crippen LogP contribution in [0.25, 0.3) is 0 Å². The zero-order valence-corrected chi connectivity index (χ0v) is 26.2. The van der Waals surface area contributed by atoms with Gasteiger partial charge in [0.15, 0.2) is 0 Å². The van der Waals surface area contributed by atoms with E-state index < -0.39 is 0 Å². The second kappa shape index (κ2) is 19.3. The largest absolute Gasteiger partial charge is 0.469 e. The molecule has 0 saturated heterocycles. The highest BCUT2D eigenvalue weighted by Gasteiger charge is 2.22. The normalized spacial score (nSPS) is 14.1. The number of esters is 1. The van der Waals surface area contributed by atoms with E-state index in [1.807, 2.05) is 0 Å². The molecule has 0 rings (SSSR count). The van der Waals surface area contributed by atoms with Gasteiger partial charge >= 0.3 is 5.97 Å². The molecule has 0 bridgehead atoms. The van der Waals surface area contributed by atoms with Gasteiger partial charge in [0.05, 0.1) is 7.11 Å². The Kier molecular flexibility index (Phi) is 18.3. The maximum Gasteiger partial charge on any atom is 0.305 e. The van der Waals surface area contributed by atoms with E-state index in [0.717, 1.165) is 32.1 Å². The third-order valence-corrected chi connectivity index (χ3v) is 7.64. The number of carbonyl (C=O) groups excluding carboxylic acids is 2. The van der Waals surface area contributed by atoms with E-state index in [9.17, 15) is 9.59 Å². The van der Waals surface area contributed by atoms with Gasteiger partial charge < -0.3 is 10.5 Å². The van der Waals surface area contributed by atoms with E-state index in [0.29, 0.717) is 29.6 Å². The van der Waals surface area contributed by atoms with E-state index in [1.54, 1.807) is 0 Å². The summed E-state index contributed by atoms with van der Waals surface area (Å²) in [6.07, 6.45) is 27.8. The zero-order chi connectivity index (χ0) is 29.1. The first-order chi connectivity index (χ1) is 17.7. The molecule has 4 heteroatoms. The van der Waals surface area contributed by atoms with Crippen LogP contribution in [0.5, 0.6) is 0 Å². The first-order valence-corrected chi connectivity index (χ1v) is 15.0. The first-order valence-electron chi connectivity index (χ1n) is 15.0. The van der Waals surface area contributed by atoms with Crippen molar-refractivity contribution in [3.8, 4) is 0 Å². The van der Waals surface area contributed by atoms with Gasteiger partial charge in [0.1, 0.15) is 0 Å². The van der Waals surface area contributed by atoms with E-state index >= 15 is 0 Å². The molecule has 0 aliphatic heterocycles. The molecule has 0 aliphatic rings. The summed E-state index contributed by atoms with van der Waals surface area (Å²) in [4.78, 5) is 22.1. The minimum atomic E-state index is -0.185. The summed E-state index contributed by atoms with van der Waals surface area (Å²) in [5, 5.41) is 0. The molecule has 0 fully saturated rings. The van der Waals surface area contributed by atoms with Gasteiger partial charge in [-0.15, -0.1) is 0 Å². The predicted octanol–water partition coefficient (Wildman–Crippen LogP) is 9.49. The molecule has 0 aromatic heterocycles. The highest BCUT2D eigenvalue weighted by molar-refractivity contribution is 5.73. The lowest BCUT2D eigenvalue weighted by molar-refractivity contribution is -0.140. The Labute approximate surface area is 235 Å². The highest BCUT2D eigenvalue weighted by Crippen LogP contribution is 2.35. The number of nitrogens with two attached hydrogens (primary N) is 1. The molecule has 0 aromatic carbocycles. The van der Waals surface area contributed by atoms with Crippen molar-refractivity contribution in [3.63, 3.8) is 0 Å². The maximum absolute atomic E-state index is 11.2. The third kappa shape index (κ3) is 22.2. The van der Waals surface area contributed by atoms with E-state index in [1.165, 1.54) is 52.1 Å². The lowest BCUT2D eigenvalue weighted by Gasteiger charge is -2.29. The molecule has 0 heterocycles. The number of methoxy groups -OCH3 is 1. The molecule has 0 aliphatic carbocycles. The number of unbranched alkanes of at least 4 members (excludes halogenated alkanes) is 4. The van der Waals surface area contributed by atoms with E-state index in [-0.39, 0.29) is 17.3 Å². The van der Waals surface area contributed by atoms with Crippen molar-refractivity contribution in [1.29, 1.82) is 0 Å². The molecule has 220 valence electrons. The standard InChI is InChI=1S/C34H61NO3/c1-29(28-34(6,7)25-19-12-15-21-30(35)36)20-14-10-9-11-17-23-32(2,3)26-27-33(4,5)24-18-13-16-22-31(37)38-8/h9-11,14,17,23,29H,12-13,15-16,18-22,24-28H2,1-8H3,(H2,35,36)/b11-9+,14-10+,23-17+. The Hall–Kier alpha value is -1.84. The summed E-state index contributed by atoms with van der Waals surface area (Å²) in [6, 6.07) is 0. The highest BCUT2D eigenvalue weighted by atomic mass is 16.5. The van der Waals surface area contributed by atoms with Crippen LogP contribution < -0.4 is 5.73 Å². The third-order valence-electron chi connectivity index (χ3n) is 7.64. The Morgan fingerprint density at radius 2 is 1.32 bits per heavy atom. The van der Waals surface area contributed by atoms with Gasteiger partial charge in [-0.2, -0.15) is 0 Å². The summed E-state index contributed by atoms with van der Waals surface area (Å²) >= 11 is 0. The molecule has 4 nitrogen and oxygen atoms in total. The summed E-state index contributed by atoms with van der Waals surface area (Å²) in [7, 11) is 1.46. The molecule has 1 atom stereocenters. The molecule has 0 aromatic rings. The number of ether oxygens (including phenoxy) is 1. The summed E-state index contributed by atoms with van der Waals surface area (Å²) in [5.74, 6) is 0.375. The van der Waals surface area contributed by atoms with Crippen molar-refractivity contribution in [2.24, 2.45) is 27.9 Å². The molecule has 0 spiro atoms. The number of amides is 1. The average Bonchev–Trinajstić information content (AvgIpc) is 2.81. The molecule has 38 heavy (non-hydrogen) atoms. The van der Waals surface area contributed by atoms with Crippen molar-refractivity contribution in [1.82, 2.24) is 0 Å². The van der Waals surface area contributed by atoms with Crippen LogP contribution in [0.2, 0.25) is 0 Å². The SMILES string of the molecule is COC(=O)CCCCCC(C)(C)CCC(C)(C)/C=C/C=C/C=C/CC(C)CC(C)(C)CCCCCC(N)=O. The molecule has 1 amide bonds. The maximum atomic E-state index is 11.2. The van der Waals surface area contributed by atoms with Crippen LogP contribution in [-0.2, 0) is 14.3 Å². The number of rotatable bonds is 22. The quantitative estimate of drug-likeness (QED) is 0.0859. The summed E-state index contributed by atoms with van der Waals surface area (Å²) in [6.45, 7) is 16.4. The van der Waals surface area contributed by atoms with Crippen LogP contribution >= 0.6 is 0 Å². The fraction of sp³-hybridized carbons (Fsp3) is 0.765. The van der Waals surface area contributed by atoms with Gasteiger partial charge in [-0.25, -0.2) is 0 Å². The number of allylic oxidation sites excluding steroid dienone is 6. The second-order valence-corrected chi connectivity index (χ2v) is 13.7. The lowest BCUT2D eigenvalue weighted by Crippen LogP contribution is -2.17. The minimum absolute atomic E-state index is 0.0985. The number of hydrogen-bond acceptors (Lipinski definition) is 3. The molecular weight excluding hydrogens is 470 g/mol. The fourth-order valence-corrected chi connectivity index (χ4v) is 5.06. The Bertz CT molecular complexity index is 743.